The van der Waals surface area contributed by atoms with Gasteiger partial charge in [0.15, 0.2) is 0 Å². The second-order valence-corrected chi connectivity index (χ2v) is 8.21. The SMILES string of the molecule is C=CC(=O)Nc1ccnc(-c2nccc3cnc(Nc4ccc(N5CCO[C@@H](CO)C5)cc4)nc23)c1. The van der Waals surface area contributed by atoms with E-state index < -0.39 is 0 Å². The van der Waals surface area contributed by atoms with Crippen molar-refractivity contribution in [3.63, 3.8) is 0 Å². The summed E-state index contributed by atoms with van der Waals surface area (Å²) in [5.41, 5.74) is 4.26. The van der Waals surface area contributed by atoms with E-state index in [0.29, 0.717) is 41.7 Å². The van der Waals surface area contributed by atoms with Gasteiger partial charge in [-0.3, -0.25) is 14.8 Å². The van der Waals surface area contributed by atoms with Crippen LogP contribution in [0.5, 0.6) is 0 Å². The lowest BCUT2D eigenvalue weighted by molar-refractivity contribution is -0.111. The molecule has 1 aliphatic heterocycles. The van der Waals surface area contributed by atoms with E-state index in [4.69, 9.17) is 9.72 Å². The molecule has 1 aromatic carbocycles. The molecule has 1 amide bonds. The molecule has 1 fully saturated rings. The first-order chi connectivity index (χ1) is 17.6. The van der Waals surface area contributed by atoms with Crippen molar-refractivity contribution in [1.29, 1.82) is 0 Å². The molecule has 0 radical (unpaired) electrons. The highest BCUT2D eigenvalue weighted by Crippen LogP contribution is 2.27. The minimum absolute atomic E-state index is 0.00949. The second kappa shape index (κ2) is 10.5. The number of ether oxygens (including phenoxy) is 1. The summed E-state index contributed by atoms with van der Waals surface area (Å²) in [5, 5.41) is 16.2. The standard InChI is InChI=1S/C26H25N7O3/c1-2-23(35)30-19-8-10-27-22(13-19)25-24-17(7-9-28-25)14-29-26(32-24)31-18-3-5-20(6-4-18)33-11-12-36-21(15-33)16-34/h2-10,13-14,21,34H,1,11-12,15-16H2,(H,27,30,35)(H,29,31,32)/t21-/m1/s1. The number of carbonyl (C=O) groups is 1. The van der Waals surface area contributed by atoms with Gasteiger partial charge in [0.25, 0.3) is 0 Å². The summed E-state index contributed by atoms with van der Waals surface area (Å²) in [4.78, 5) is 31.9. The molecule has 0 saturated carbocycles. The third-order valence-corrected chi connectivity index (χ3v) is 5.79. The Balaban J connectivity index is 1.38. The number of benzene rings is 1. The molecule has 10 nitrogen and oxygen atoms in total. The largest absolute Gasteiger partial charge is 0.394 e. The van der Waals surface area contributed by atoms with E-state index in [1.807, 2.05) is 30.3 Å². The van der Waals surface area contributed by atoms with Crippen LogP contribution in [0, 0.1) is 0 Å². The van der Waals surface area contributed by atoms with E-state index in [-0.39, 0.29) is 18.6 Å². The number of anilines is 4. The number of carbonyl (C=O) groups excluding carboxylic acids is 1. The normalized spacial score (nSPS) is 15.5. The number of aromatic nitrogens is 4. The molecule has 3 N–H and O–H groups in total. The molecule has 0 aliphatic carbocycles. The first-order valence-corrected chi connectivity index (χ1v) is 11.5. The molecule has 5 rings (SSSR count). The van der Waals surface area contributed by atoms with Crippen LogP contribution in [0.4, 0.5) is 23.0 Å². The van der Waals surface area contributed by atoms with E-state index in [0.717, 1.165) is 23.3 Å². The molecule has 182 valence electrons. The Bertz CT molecular complexity index is 1390. The molecule has 0 bridgehead atoms. The van der Waals surface area contributed by atoms with Gasteiger partial charge in [-0.25, -0.2) is 9.97 Å². The first-order valence-electron chi connectivity index (χ1n) is 11.5. The summed E-state index contributed by atoms with van der Waals surface area (Å²) < 4.78 is 5.53. The van der Waals surface area contributed by atoms with Crippen LogP contribution in [0.2, 0.25) is 0 Å². The van der Waals surface area contributed by atoms with E-state index in [9.17, 15) is 9.90 Å². The number of fused-ring (bicyclic) bond motifs is 1. The molecule has 3 aromatic heterocycles. The third kappa shape index (κ3) is 5.14. The Morgan fingerprint density at radius 3 is 2.78 bits per heavy atom. The smallest absolute Gasteiger partial charge is 0.247 e. The van der Waals surface area contributed by atoms with E-state index in [2.05, 4.69) is 37.1 Å². The average molecular weight is 484 g/mol. The van der Waals surface area contributed by atoms with Gasteiger partial charge in [-0.2, -0.15) is 0 Å². The number of nitrogens with one attached hydrogen (secondary N) is 2. The quantitative estimate of drug-likeness (QED) is 0.340. The van der Waals surface area contributed by atoms with Gasteiger partial charge in [0.05, 0.1) is 25.0 Å². The number of amides is 1. The van der Waals surface area contributed by atoms with E-state index in [1.165, 1.54) is 6.08 Å². The van der Waals surface area contributed by atoms with Crippen molar-refractivity contribution in [2.75, 3.05) is 41.8 Å². The highest BCUT2D eigenvalue weighted by Gasteiger charge is 2.20. The number of pyridine rings is 2. The van der Waals surface area contributed by atoms with Crippen molar-refractivity contribution in [3.05, 3.63) is 73.7 Å². The number of aliphatic hydroxyl groups excluding tert-OH is 1. The van der Waals surface area contributed by atoms with Crippen molar-refractivity contribution < 1.29 is 14.6 Å². The topological polar surface area (TPSA) is 125 Å². The van der Waals surface area contributed by atoms with Crippen LogP contribution in [-0.2, 0) is 9.53 Å². The van der Waals surface area contributed by atoms with E-state index >= 15 is 0 Å². The number of hydrogen-bond donors (Lipinski definition) is 3. The summed E-state index contributed by atoms with van der Waals surface area (Å²) in [6.45, 7) is 5.50. The van der Waals surface area contributed by atoms with Crippen molar-refractivity contribution in [1.82, 2.24) is 19.9 Å². The average Bonchev–Trinajstić information content (AvgIpc) is 2.93. The molecule has 1 saturated heterocycles. The molecule has 4 heterocycles. The van der Waals surface area contributed by atoms with Gasteiger partial charge in [-0.05, 0) is 48.5 Å². The fourth-order valence-corrected chi connectivity index (χ4v) is 3.98. The molecular formula is C26H25N7O3. The van der Waals surface area contributed by atoms with Crippen LogP contribution in [0.15, 0.2) is 73.7 Å². The maximum atomic E-state index is 11.7. The number of morpholine rings is 1. The summed E-state index contributed by atoms with van der Waals surface area (Å²) in [7, 11) is 0. The molecule has 1 aliphatic rings. The third-order valence-electron chi connectivity index (χ3n) is 5.79. The van der Waals surface area contributed by atoms with Gasteiger partial charge in [0, 0.05) is 54.1 Å². The predicted molar refractivity (Wildman–Crippen MR) is 138 cm³/mol. The number of nitrogens with zero attached hydrogens (tertiary/aromatic N) is 5. The number of rotatable bonds is 7. The maximum absolute atomic E-state index is 11.7. The molecular weight excluding hydrogens is 458 g/mol. The zero-order valence-electron chi connectivity index (χ0n) is 19.5. The van der Waals surface area contributed by atoms with Crippen LogP contribution in [0.25, 0.3) is 22.3 Å². The van der Waals surface area contributed by atoms with Crippen LogP contribution in [0.1, 0.15) is 0 Å². The monoisotopic (exact) mass is 483 g/mol. The summed E-state index contributed by atoms with van der Waals surface area (Å²) >= 11 is 0. The lowest BCUT2D eigenvalue weighted by Gasteiger charge is -2.33. The Morgan fingerprint density at radius 1 is 1.14 bits per heavy atom. The summed E-state index contributed by atoms with van der Waals surface area (Å²) in [6, 6.07) is 13.2. The van der Waals surface area contributed by atoms with Gasteiger partial charge in [0.2, 0.25) is 11.9 Å². The fraction of sp³-hybridized carbons (Fsp3) is 0.192. The molecule has 0 unspecified atom stereocenters. The highest BCUT2D eigenvalue weighted by molar-refractivity contribution is 5.99. The van der Waals surface area contributed by atoms with Gasteiger partial charge < -0.3 is 25.4 Å². The van der Waals surface area contributed by atoms with Crippen LogP contribution in [-0.4, -0.2) is 63.4 Å². The lowest BCUT2D eigenvalue weighted by Crippen LogP contribution is -2.44. The Morgan fingerprint density at radius 2 is 1.97 bits per heavy atom. The van der Waals surface area contributed by atoms with Crippen molar-refractivity contribution >= 4 is 39.8 Å². The van der Waals surface area contributed by atoms with Gasteiger partial charge in [0.1, 0.15) is 11.2 Å². The molecule has 36 heavy (non-hydrogen) atoms. The van der Waals surface area contributed by atoms with Gasteiger partial charge in [-0.1, -0.05) is 6.58 Å². The lowest BCUT2D eigenvalue weighted by atomic mass is 10.1. The molecule has 4 aromatic rings. The molecule has 10 heteroatoms. The van der Waals surface area contributed by atoms with Crippen LogP contribution in [0.3, 0.4) is 0 Å². The van der Waals surface area contributed by atoms with Crippen molar-refractivity contribution in [3.8, 4) is 11.4 Å². The second-order valence-electron chi connectivity index (χ2n) is 8.21. The first kappa shape index (κ1) is 23.3. The number of hydrogen-bond acceptors (Lipinski definition) is 9. The van der Waals surface area contributed by atoms with Crippen molar-refractivity contribution in [2.45, 2.75) is 6.10 Å². The van der Waals surface area contributed by atoms with Crippen LogP contribution < -0.4 is 15.5 Å². The highest BCUT2D eigenvalue weighted by atomic mass is 16.5. The Kier molecular flexibility index (Phi) is 6.78. The number of aliphatic hydroxyl groups is 1. The summed E-state index contributed by atoms with van der Waals surface area (Å²) in [6.07, 6.45) is 6.06. The van der Waals surface area contributed by atoms with Crippen LogP contribution >= 0.6 is 0 Å². The van der Waals surface area contributed by atoms with Gasteiger partial charge in [-0.15, -0.1) is 0 Å². The molecule has 0 spiro atoms. The molecule has 1 atom stereocenters. The zero-order chi connectivity index (χ0) is 24.9. The zero-order valence-corrected chi connectivity index (χ0v) is 19.5. The predicted octanol–water partition coefficient (Wildman–Crippen LogP) is 3.15. The van der Waals surface area contributed by atoms with E-state index in [1.54, 1.807) is 30.7 Å². The fourth-order valence-electron chi connectivity index (χ4n) is 3.98. The minimum atomic E-state index is -0.306. The Labute approximate surface area is 207 Å². The summed E-state index contributed by atoms with van der Waals surface area (Å²) in [5.74, 6) is 0.118. The van der Waals surface area contributed by atoms with Crippen molar-refractivity contribution in [2.24, 2.45) is 0 Å². The minimum Gasteiger partial charge on any atom is -0.394 e. The van der Waals surface area contributed by atoms with Gasteiger partial charge >= 0.3 is 0 Å². The Hall–Kier alpha value is -4.41. The maximum Gasteiger partial charge on any atom is 0.247 e.